The second kappa shape index (κ2) is 5.56. The summed E-state index contributed by atoms with van der Waals surface area (Å²) in [6.45, 7) is 2.01. The lowest BCUT2D eigenvalue weighted by molar-refractivity contribution is 0.462. The maximum atomic E-state index is 5.67. The van der Waals surface area contributed by atoms with Gasteiger partial charge in [0.15, 0.2) is 0 Å². The van der Waals surface area contributed by atoms with Crippen LogP contribution in [0.3, 0.4) is 0 Å². The zero-order chi connectivity index (χ0) is 12.3. The van der Waals surface area contributed by atoms with Gasteiger partial charge < -0.3 is 4.74 Å². The Hall–Kier alpha value is -1.00. The molecule has 0 aliphatic carbocycles. The van der Waals surface area contributed by atoms with Crippen molar-refractivity contribution in [2.75, 3.05) is 6.26 Å². The molecule has 0 aliphatic heterocycles. The van der Waals surface area contributed by atoms with Crippen LogP contribution >= 0.6 is 27.7 Å². The average molecular weight is 310 g/mol. The highest BCUT2D eigenvalue weighted by atomic mass is 79.9. The number of hydrogen-bond donors (Lipinski definition) is 0. The predicted octanol–water partition coefficient (Wildman–Crippen LogP) is 4.67. The number of ether oxygens (including phenoxy) is 1. The van der Waals surface area contributed by atoms with Crippen molar-refractivity contribution in [3.05, 3.63) is 46.6 Å². The average Bonchev–Trinajstić information content (AvgIpc) is 2.35. The van der Waals surface area contributed by atoms with Crippen molar-refractivity contribution >= 4 is 27.7 Å². The highest BCUT2D eigenvalue weighted by Crippen LogP contribution is 2.25. The third kappa shape index (κ3) is 3.23. The minimum absolute atomic E-state index is 0.614. The largest absolute Gasteiger partial charge is 0.439 e. The van der Waals surface area contributed by atoms with E-state index in [1.165, 1.54) is 4.90 Å². The molecule has 0 saturated carbocycles. The van der Waals surface area contributed by atoms with E-state index in [1.54, 1.807) is 18.0 Å². The maximum absolute atomic E-state index is 5.67. The number of aryl methyl sites for hydroxylation is 1. The normalized spacial score (nSPS) is 10.3. The first kappa shape index (κ1) is 12.5. The number of hydrogen-bond acceptors (Lipinski definition) is 3. The van der Waals surface area contributed by atoms with Crippen molar-refractivity contribution in [2.45, 2.75) is 11.8 Å². The van der Waals surface area contributed by atoms with E-state index >= 15 is 0 Å². The summed E-state index contributed by atoms with van der Waals surface area (Å²) in [5.41, 5.74) is 1.11. The smallest absolute Gasteiger partial charge is 0.219 e. The molecule has 0 saturated heterocycles. The van der Waals surface area contributed by atoms with Crippen LogP contribution in [0.25, 0.3) is 0 Å². The number of aromatic nitrogens is 1. The highest BCUT2D eigenvalue weighted by molar-refractivity contribution is 9.10. The lowest BCUT2D eigenvalue weighted by atomic mass is 10.3. The van der Waals surface area contributed by atoms with Crippen LogP contribution in [0, 0.1) is 6.92 Å². The van der Waals surface area contributed by atoms with Crippen molar-refractivity contribution in [1.82, 2.24) is 4.98 Å². The Labute approximate surface area is 114 Å². The molecule has 2 rings (SSSR count). The minimum Gasteiger partial charge on any atom is -0.439 e. The Morgan fingerprint density at radius 3 is 2.53 bits per heavy atom. The van der Waals surface area contributed by atoms with Crippen molar-refractivity contribution in [1.29, 1.82) is 0 Å². The van der Waals surface area contributed by atoms with Crippen molar-refractivity contribution in [2.24, 2.45) is 0 Å². The molecule has 0 unspecified atom stereocenters. The van der Waals surface area contributed by atoms with Gasteiger partial charge in [0.25, 0.3) is 0 Å². The molecule has 0 aliphatic rings. The Kier molecular flexibility index (Phi) is 4.07. The fraction of sp³-hybridized carbons (Fsp3) is 0.154. The molecular formula is C13H12BrNOS. The van der Waals surface area contributed by atoms with E-state index in [0.717, 1.165) is 15.8 Å². The maximum Gasteiger partial charge on any atom is 0.219 e. The zero-order valence-electron chi connectivity index (χ0n) is 9.61. The fourth-order valence-corrected chi connectivity index (χ4v) is 1.96. The lowest BCUT2D eigenvalue weighted by Crippen LogP contribution is -1.89. The second-order valence-electron chi connectivity index (χ2n) is 3.55. The molecule has 0 fully saturated rings. The molecule has 0 N–H and O–H groups in total. The molecule has 0 amide bonds. The van der Waals surface area contributed by atoms with E-state index in [0.29, 0.717) is 5.88 Å². The van der Waals surface area contributed by atoms with Gasteiger partial charge in [-0.3, -0.25) is 0 Å². The van der Waals surface area contributed by atoms with Crippen LogP contribution < -0.4 is 4.74 Å². The SMILES string of the molecule is CSc1ccc(Oc2cc(C)c(Br)cn2)cc1. The van der Waals surface area contributed by atoms with Gasteiger partial charge in [-0.2, -0.15) is 0 Å². The molecule has 0 spiro atoms. The molecule has 1 aromatic carbocycles. The summed E-state index contributed by atoms with van der Waals surface area (Å²) in [6.07, 6.45) is 3.80. The first-order valence-electron chi connectivity index (χ1n) is 5.13. The zero-order valence-corrected chi connectivity index (χ0v) is 12.0. The monoisotopic (exact) mass is 309 g/mol. The van der Waals surface area contributed by atoms with Crippen LogP contribution in [0.5, 0.6) is 11.6 Å². The Bertz CT molecular complexity index is 513. The van der Waals surface area contributed by atoms with Gasteiger partial charge in [-0.05, 0) is 58.9 Å². The second-order valence-corrected chi connectivity index (χ2v) is 5.28. The summed E-state index contributed by atoms with van der Waals surface area (Å²) in [6, 6.07) is 9.87. The Balaban J connectivity index is 2.16. The number of thioether (sulfide) groups is 1. The predicted molar refractivity (Wildman–Crippen MR) is 75.0 cm³/mol. The van der Waals surface area contributed by atoms with Crippen molar-refractivity contribution in [3.63, 3.8) is 0 Å². The van der Waals surface area contributed by atoms with Crippen LogP contribution in [0.1, 0.15) is 5.56 Å². The first-order valence-corrected chi connectivity index (χ1v) is 7.15. The Morgan fingerprint density at radius 1 is 1.24 bits per heavy atom. The number of halogens is 1. The Morgan fingerprint density at radius 2 is 1.94 bits per heavy atom. The minimum atomic E-state index is 0.614. The highest BCUT2D eigenvalue weighted by Gasteiger charge is 2.01. The standard InChI is InChI=1S/C13H12BrNOS/c1-9-7-13(15-8-12(9)14)16-10-3-5-11(17-2)6-4-10/h3-8H,1-2H3. The number of rotatable bonds is 3. The number of nitrogens with zero attached hydrogens (tertiary/aromatic N) is 1. The third-order valence-electron chi connectivity index (χ3n) is 2.30. The van der Waals surface area contributed by atoms with E-state index in [9.17, 15) is 0 Å². The van der Waals surface area contributed by atoms with Gasteiger partial charge in [-0.25, -0.2) is 4.98 Å². The van der Waals surface area contributed by atoms with E-state index in [-0.39, 0.29) is 0 Å². The number of pyridine rings is 1. The summed E-state index contributed by atoms with van der Waals surface area (Å²) in [5.74, 6) is 1.42. The fourth-order valence-electron chi connectivity index (χ4n) is 1.33. The van der Waals surface area contributed by atoms with Crippen LogP contribution in [0.2, 0.25) is 0 Å². The number of benzene rings is 1. The molecule has 88 valence electrons. The first-order chi connectivity index (χ1) is 8.19. The summed E-state index contributed by atoms with van der Waals surface area (Å²) in [4.78, 5) is 5.42. The molecule has 0 atom stereocenters. The third-order valence-corrected chi connectivity index (χ3v) is 3.88. The lowest BCUT2D eigenvalue weighted by Gasteiger charge is -2.06. The van der Waals surface area contributed by atoms with E-state index in [4.69, 9.17) is 4.74 Å². The van der Waals surface area contributed by atoms with E-state index < -0.39 is 0 Å². The molecule has 2 aromatic rings. The van der Waals surface area contributed by atoms with E-state index in [1.807, 2.05) is 37.3 Å². The summed E-state index contributed by atoms with van der Waals surface area (Å²) in [5, 5.41) is 0. The van der Waals surface area contributed by atoms with Crippen LogP contribution in [0.4, 0.5) is 0 Å². The van der Waals surface area contributed by atoms with Gasteiger partial charge in [0, 0.05) is 21.6 Å². The summed E-state index contributed by atoms with van der Waals surface area (Å²) >= 11 is 5.12. The molecule has 1 aromatic heterocycles. The summed E-state index contributed by atoms with van der Waals surface area (Å²) < 4.78 is 6.66. The molecule has 17 heavy (non-hydrogen) atoms. The quantitative estimate of drug-likeness (QED) is 0.769. The van der Waals surface area contributed by atoms with Crippen LogP contribution in [-0.4, -0.2) is 11.2 Å². The van der Waals surface area contributed by atoms with Crippen molar-refractivity contribution in [3.8, 4) is 11.6 Å². The molecule has 1 heterocycles. The van der Waals surface area contributed by atoms with Gasteiger partial charge in [-0.15, -0.1) is 11.8 Å². The summed E-state index contributed by atoms with van der Waals surface area (Å²) in [7, 11) is 0. The van der Waals surface area contributed by atoms with Gasteiger partial charge in [-0.1, -0.05) is 0 Å². The van der Waals surface area contributed by atoms with Gasteiger partial charge >= 0.3 is 0 Å². The van der Waals surface area contributed by atoms with Gasteiger partial charge in [0.1, 0.15) is 5.75 Å². The van der Waals surface area contributed by atoms with Gasteiger partial charge in [0.05, 0.1) is 0 Å². The van der Waals surface area contributed by atoms with Gasteiger partial charge in [0.2, 0.25) is 5.88 Å². The van der Waals surface area contributed by atoms with Crippen molar-refractivity contribution < 1.29 is 4.74 Å². The topological polar surface area (TPSA) is 22.1 Å². The van der Waals surface area contributed by atoms with Crippen LogP contribution in [0.15, 0.2) is 45.9 Å². The molecule has 0 radical (unpaired) electrons. The molecular weight excluding hydrogens is 298 g/mol. The molecule has 2 nitrogen and oxygen atoms in total. The van der Waals surface area contributed by atoms with Crippen LogP contribution in [-0.2, 0) is 0 Å². The van der Waals surface area contributed by atoms with E-state index in [2.05, 4.69) is 27.2 Å². The molecule has 0 bridgehead atoms. The molecule has 4 heteroatoms.